The van der Waals surface area contributed by atoms with Crippen molar-refractivity contribution in [1.82, 2.24) is 20.2 Å². The SMILES string of the molecule is COc1nccc(Sc2cnc(N3CCC4(CC3)Cc3ccccc3[C@H]4N)nn2)c1Cl. The molecule has 0 amide bonds. The van der Waals surface area contributed by atoms with Crippen LogP contribution < -0.4 is 15.4 Å². The van der Waals surface area contributed by atoms with E-state index in [0.29, 0.717) is 21.9 Å². The highest BCUT2D eigenvalue weighted by Crippen LogP contribution is 2.50. The number of ether oxygens (including phenoxy) is 1. The Morgan fingerprint density at radius 2 is 1.97 bits per heavy atom. The molecular formula is C22H23ClN6OS. The van der Waals surface area contributed by atoms with Gasteiger partial charge < -0.3 is 15.4 Å². The Balaban J connectivity index is 1.25. The van der Waals surface area contributed by atoms with Gasteiger partial charge >= 0.3 is 0 Å². The lowest BCUT2D eigenvalue weighted by atomic mass is 9.73. The lowest BCUT2D eigenvalue weighted by Gasteiger charge is -2.42. The summed E-state index contributed by atoms with van der Waals surface area (Å²) in [5.41, 5.74) is 9.52. The summed E-state index contributed by atoms with van der Waals surface area (Å²) in [6.07, 6.45) is 6.49. The standard InChI is InChI=1S/C22H23ClN6OS/c1-30-20-18(23)16(6-9-25-20)31-17-13-26-21(28-27-17)29-10-7-22(8-11-29)12-14-4-2-3-5-15(14)19(22)24/h2-6,9,13,19H,7-8,10-12,24H2,1H3/t19-/m1/s1. The molecule has 1 spiro atoms. The fourth-order valence-corrected chi connectivity index (χ4v) is 5.67. The first kappa shape index (κ1) is 20.5. The molecule has 1 atom stereocenters. The zero-order chi connectivity index (χ0) is 21.4. The number of methoxy groups -OCH3 is 1. The van der Waals surface area contributed by atoms with E-state index >= 15 is 0 Å². The molecule has 31 heavy (non-hydrogen) atoms. The number of rotatable bonds is 4. The molecule has 1 aromatic carbocycles. The minimum atomic E-state index is 0.103. The van der Waals surface area contributed by atoms with Gasteiger partial charge in [-0.1, -0.05) is 47.6 Å². The van der Waals surface area contributed by atoms with Crippen LogP contribution in [0.1, 0.15) is 30.0 Å². The quantitative estimate of drug-likeness (QED) is 0.634. The molecule has 1 saturated heterocycles. The molecule has 160 valence electrons. The van der Waals surface area contributed by atoms with Crippen molar-refractivity contribution in [1.29, 1.82) is 0 Å². The maximum absolute atomic E-state index is 6.68. The Morgan fingerprint density at radius 1 is 1.16 bits per heavy atom. The summed E-state index contributed by atoms with van der Waals surface area (Å²) in [6.45, 7) is 1.76. The van der Waals surface area contributed by atoms with E-state index in [4.69, 9.17) is 22.1 Å². The topological polar surface area (TPSA) is 90.1 Å². The predicted molar refractivity (Wildman–Crippen MR) is 121 cm³/mol. The van der Waals surface area contributed by atoms with E-state index in [1.807, 2.05) is 6.07 Å². The van der Waals surface area contributed by atoms with Crippen molar-refractivity contribution in [2.75, 3.05) is 25.1 Å². The number of nitrogens with two attached hydrogens (primary N) is 1. The van der Waals surface area contributed by atoms with Crippen LogP contribution in [-0.4, -0.2) is 40.4 Å². The predicted octanol–water partition coefficient (Wildman–Crippen LogP) is 3.92. The average Bonchev–Trinajstić information content (AvgIpc) is 3.08. The van der Waals surface area contributed by atoms with Crippen LogP contribution in [0.4, 0.5) is 5.95 Å². The third-order valence-electron chi connectivity index (χ3n) is 6.39. The monoisotopic (exact) mass is 454 g/mol. The molecule has 5 rings (SSSR count). The number of hydrogen-bond acceptors (Lipinski definition) is 8. The maximum Gasteiger partial charge on any atom is 0.245 e. The second-order valence-corrected chi connectivity index (χ2v) is 9.47. The first-order valence-electron chi connectivity index (χ1n) is 10.2. The average molecular weight is 455 g/mol. The molecule has 0 unspecified atom stereocenters. The highest BCUT2D eigenvalue weighted by atomic mass is 35.5. The molecule has 0 radical (unpaired) electrons. The van der Waals surface area contributed by atoms with Gasteiger partial charge in [0.2, 0.25) is 11.8 Å². The Hall–Kier alpha value is -2.42. The number of halogens is 1. The van der Waals surface area contributed by atoms with Crippen LogP contribution in [0.3, 0.4) is 0 Å². The number of benzene rings is 1. The van der Waals surface area contributed by atoms with Crippen molar-refractivity contribution < 1.29 is 4.74 Å². The van der Waals surface area contributed by atoms with E-state index in [1.54, 1.807) is 19.5 Å². The molecular weight excluding hydrogens is 432 g/mol. The first-order valence-corrected chi connectivity index (χ1v) is 11.4. The van der Waals surface area contributed by atoms with Crippen LogP contribution >= 0.6 is 23.4 Å². The summed E-state index contributed by atoms with van der Waals surface area (Å²) >= 11 is 7.71. The van der Waals surface area contributed by atoms with Gasteiger partial charge in [0.15, 0.2) is 0 Å². The molecule has 1 aliphatic heterocycles. The van der Waals surface area contributed by atoms with Gasteiger partial charge in [0.05, 0.1) is 13.3 Å². The molecule has 3 aromatic rings. The van der Waals surface area contributed by atoms with Crippen LogP contribution in [0.25, 0.3) is 0 Å². The highest BCUT2D eigenvalue weighted by molar-refractivity contribution is 7.99. The first-order chi connectivity index (χ1) is 15.1. The summed E-state index contributed by atoms with van der Waals surface area (Å²) in [6, 6.07) is 10.5. The highest BCUT2D eigenvalue weighted by Gasteiger charge is 2.46. The van der Waals surface area contributed by atoms with E-state index in [-0.39, 0.29) is 11.5 Å². The van der Waals surface area contributed by atoms with Gasteiger partial charge in [0, 0.05) is 30.2 Å². The second kappa shape index (κ2) is 8.26. The number of piperidine rings is 1. The molecule has 3 heterocycles. The summed E-state index contributed by atoms with van der Waals surface area (Å²) in [5.74, 6) is 1.04. The van der Waals surface area contributed by atoms with Gasteiger partial charge in [-0.05, 0) is 41.9 Å². The molecule has 7 nitrogen and oxygen atoms in total. The number of hydrogen-bond donors (Lipinski definition) is 1. The van der Waals surface area contributed by atoms with Crippen LogP contribution in [0.15, 0.2) is 52.6 Å². The Morgan fingerprint density at radius 3 is 2.68 bits per heavy atom. The third kappa shape index (κ3) is 3.73. The van der Waals surface area contributed by atoms with Crippen LogP contribution in [-0.2, 0) is 6.42 Å². The van der Waals surface area contributed by atoms with Gasteiger partial charge in [-0.3, -0.25) is 0 Å². The normalized spacial score (nSPS) is 19.5. The van der Waals surface area contributed by atoms with Crippen molar-refractivity contribution >= 4 is 29.3 Å². The van der Waals surface area contributed by atoms with Gasteiger partial charge in [-0.25, -0.2) is 9.97 Å². The largest absolute Gasteiger partial charge is 0.480 e. The van der Waals surface area contributed by atoms with Gasteiger partial charge in [0.1, 0.15) is 10.0 Å². The zero-order valence-electron chi connectivity index (χ0n) is 17.2. The van der Waals surface area contributed by atoms with Gasteiger partial charge in [-0.15, -0.1) is 10.2 Å². The second-order valence-electron chi connectivity index (χ2n) is 8.03. The number of anilines is 1. The fraction of sp³-hybridized carbons (Fsp3) is 0.364. The number of pyridine rings is 1. The summed E-state index contributed by atoms with van der Waals surface area (Å²) in [4.78, 5) is 11.6. The Labute approximate surface area is 190 Å². The van der Waals surface area contributed by atoms with Gasteiger partial charge in [0.25, 0.3) is 0 Å². The lowest BCUT2D eigenvalue weighted by molar-refractivity contribution is 0.186. The van der Waals surface area contributed by atoms with Crippen LogP contribution in [0.5, 0.6) is 5.88 Å². The Kier molecular flexibility index (Phi) is 5.45. The third-order valence-corrected chi connectivity index (χ3v) is 7.83. The molecule has 1 aliphatic carbocycles. The van der Waals surface area contributed by atoms with Crippen molar-refractivity contribution in [2.45, 2.75) is 35.2 Å². The minimum Gasteiger partial charge on any atom is -0.480 e. The number of fused-ring (bicyclic) bond motifs is 1. The van der Waals surface area contributed by atoms with E-state index < -0.39 is 0 Å². The lowest BCUT2D eigenvalue weighted by Crippen LogP contribution is -2.45. The van der Waals surface area contributed by atoms with E-state index in [0.717, 1.165) is 37.2 Å². The molecule has 9 heteroatoms. The van der Waals surface area contributed by atoms with Crippen molar-refractivity contribution in [3.63, 3.8) is 0 Å². The number of nitrogens with zero attached hydrogens (tertiary/aromatic N) is 5. The smallest absolute Gasteiger partial charge is 0.245 e. The van der Waals surface area contributed by atoms with E-state index in [1.165, 1.54) is 22.9 Å². The zero-order valence-corrected chi connectivity index (χ0v) is 18.7. The Bertz CT molecular complexity index is 1090. The van der Waals surface area contributed by atoms with Crippen molar-refractivity contribution in [2.24, 2.45) is 11.1 Å². The molecule has 2 aliphatic rings. The molecule has 1 fully saturated rings. The molecule has 2 N–H and O–H groups in total. The van der Waals surface area contributed by atoms with Crippen LogP contribution in [0.2, 0.25) is 5.02 Å². The van der Waals surface area contributed by atoms with E-state index in [2.05, 4.69) is 49.3 Å². The van der Waals surface area contributed by atoms with Gasteiger partial charge in [-0.2, -0.15) is 0 Å². The van der Waals surface area contributed by atoms with Crippen molar-refractivity contribution in [3.05, 3.63) is 58.9 Å². The summed E-state index contributed by atoms with van der Waals surface area (Å²) in [7, 11) is 1.54. The molecule has 2 aromatic heterocycles. The maximum atomic E-state index is 6.68. The summed E-state index contributed by atoms with van der Waals surface area (Å²) < 4.78 is 5.17. The fourth-order valence-electron chi connectivity index (χ4n) is 4.65. The van der Waals surface area contributed by atoms with Crippen LogP contribution in [0, 0.1) is 5.41 Å². The summed E-state index contributed by atoms with van der Waals surface area (Å²) in [5, 5.41) is 9.84. The minimum absolute atomic E-state index is 0.103. The van der Waals surface area contributed by atoms with Crippen molar-refractivity contribution in [3.8, 4) is 5.88 Å². The molecule has 0 bridgehead atoms. The number of aromatic nitrogens is 4. The van der Waals surface area contributed by atoms with E-state index in [9.17, 15) is 0 Å². The molecule has 0 saturated carbocycles.